The molecule has 0 aliphatic carbocycles. The van der Waals surface area contributed by atoms with Gasteiger partial charge < -0.3 is 9.64 Å². The van der Waals surface area contributed by atoms with E-state index in [1.54, 1.807) is 30.0 Å². The van der Waals surface area contributed by atoms with Gasteiger partial charge in [-0.1, -0.05) is 53.5 Å². The average molecular weight is 406 g/mol. The normalized spacial score (nSPS) is 16.0. The Balaban J connectivity index is 1.55. The minimum Gasteiger partial charge on any atom is -0.479 e. The highest BCUT2D eigenvalue weighted by atomic mass is 35.5. The molecule has 1 unspecified atom stereocenters. The minimum absolute atomic E-state index is 0.0432. The standard InChI is InChI=1S/C21H21Cl2NO3/c1-14(27-19-8-7-17(22)13-18(19)23)21(26)24-11-9-16(10-12-24)20(25)15-5-3-2-4-6-15/h2-8,13-14,16H,9-12H2,1H3. The Bertz CT molecular complexity index is 817. The number of carbonyl (C=O) groups is 2. The molecule has 0 aromatic heterocycles. The molecule has 1 saturated heterocycles. The molecule has 1 amide bonds. The largest absolute Gasteiger partial charge is 0.479 e. The molecule has 4 nitrogen and oxygen atoms in total. The van der Waals surface area contributed by atoms with E-state index in [-0.39, 0.29) is 17.6 Å². The van der Waals surface area contributed by atoms with Gasteiger partial charge >= 0.3 is 0 Å². The molecular formula is C21H21Cl2NO3. The Morgan fingerprint density at radius 3 is 2.37 bits per heavy atom. The first-order valence-corrected chi connectivity index (χ1v) is 9.71. The number of hydrogen-bond donors (Lipinski definition) is 0. The van der Waals surface area contributed by atoms with Crippen molar-refractivity contribution in [2.45, 2.75) is 25.9 Å². The number of rotatable bonds is 5. The van der Waals surface area contributed by atoms with Crippen LogP contribution in [0.4, 0.5) is 0 Å². The van der Waals surface area contributed by atoms with Crippen LogP contribution in [0.2, 0.25) is 10.0 Å². The number of amides is 1. The Morgan fingerprint density at radius 2 is 1.74 bits per heavy atom. The van der Waals surface area contributed by atoms with E-state index in [2.05, 4.69) is 0 Å². The van der Waals surface area contributed by atoms with Gasteiger partial charge in [-0.05, 0) is 38.0 Å². The van der Waals surface area contributed by atoms with Gasteiger partial charge in [0.2, 0.25) is 0 Å². The van der Waals surface area contributed by atoms with Gasteiger partial charge in [-0.2, -0.15) is 0 Å². The predicted octanol–water partition coefficient (Wildman–Crippen LogP) is 4.88. The van der Waals surface area contributed by atoms with E-state index in [4.69, 9.17) is 27.9 Å². The van der Waals surface area contributed by atoms with Gasteiger partial charge in [0.05, 0.1) is 5.02 Å². The molecule has 1 heterocycles. The Kier molecular flexibility index (Phi) is 6.40. The van der Waals surface area contributed by atoms with Crippen LogP contribution in [-0.2, 0) is 4.79 Å². The summed E-state index contributed by atoms with van der Waals surface area (Å²) in [7, 11) is 0. The second kappa shape index (κ2) is 8.77. The summed E-state index contributed by atoms with van der Waals surface area (Å²) in [5.41, 5.74) is 0.733. The van der Waals surface area contributed by atoms with Crippen molar-refractivity contribution in [2.24, 2.45) is 5.92 Å². The third-order valence-electron chi connectivity index (χ3n) is 4.78. The molecule has 3 rings (SSSR count). The van der Waals surface area contributed by atoms with Crippen LogP contribution >= 0.6 is 23.2 Å². The molecule has 0 spiro atoms. The first kappa shape index (κ1) is 19.7. The maximum Gasteiger partial charge on any atom is 0.263 e. The van der Waals surface area contributed by atoms with E-state index in [1.807, 2.05) is 30.3 Å². The summed E-state index contributed by atoms with van der Waals surface area (Å²) in [6, 6.07) is 14.2. The van der Waals surface area contributed by atoms with Gasteiger partial charge in [-0.25, -0.2) is 0 Å². The van der Waals surface area contributed by atoms with Crippen molar-refractivity contribution in [3.05, 3.63) is 64.1 Å². The van der Waals surface area contributed by atoms with Crippen molar-refractivity contribution >= 4 is 34.9 Å². The third-order valence-corrected chi connectivity index (χ3v) is 5.31. The lowest BCUT2D eigenvalue weighted by molar-refractivity contribution is -0.139. The van der Waals surface area contributed by atoms with Crippen molar-refractivity contribution < 1.29 is 14.3 Å². The lowest BCUT2D eigenvalue weighted by Gasteiger charge is -2.33. The van der Waals surface area contributed by atoms with Crippen LogP contribution in [0.5, 0.6) is 5.75 Å². The molecule has 27 heavy (non-hydrogen) atoms. The number of hydrogen-bond acceptors (Lipinski definition) is 3. The first-order valence-electron chi connectivity index (χ1n) is 8.95. The highest BCUT2D eigenvalue weighted by Crippen LogP contribution is 2.29. The molecule has 1 atom stereocenters. The Labute approximate surface area is 169 Å². The average Bonchev–Trinajstić information content (AvgIpc) is 2.69. The number of halogens is 2. The van der Waals surface area contributed by atoms with Crippen LogP contribution in [0.15, 0.2) is 48.5 Å². The molecule has 6 heteroatoms. The van der Waals surface area contributed by atoms with Crippen LogP contribution in [-0.4, -0.2) is 35.8 Å². The number of nitrogens with zero attached hydrogens (tertiary/aromatic N) is 1. The van der Waals surface area contributed by atoms with Gasteiger partial charge in [0.15, 0.2) is 11.9 Å². The van der Waals surface area contributed by atoms with Crippen LogP contribution in [0.25, 0.3) is 0 Å². The van der Waals surface area contributed by atoms with Gasteiger partial charge in [0.25, 0.3) is 5.91 Å². The summed E-state index contributed by atoms with van der Waals surface area (Å²) in [6.07, 6.45) is 0.659. The monoisotopic (exact) mass is 405 g/mol. The van der Waals surface area contributed by atoms with Gasteiger partial charge in [0, 0.05) is 29.6 Å². The number of benzene rings is 2. The number of ether oxygens (including phenoxy) is 1. The lowest BCUT2D eigenvalue weighted by Crippen LogP contribution is -2.45. The van der Waals surface area contributed by atoms with Crippen LogP contribution in [0.3, 0.4) is 0 Å². The molecule has 0 bridgehead atoms. The molecule has 0 N–H and O–H groups in total. The third kappa shape index (κ3) is 4.82. The molecule has 1 fully saturated rings. The van der Waals surface area contributed by atoms with Crippen LogP contribution in [0.1, 0.15) is 30.1 Å². The van der Waals surface area contributed by atoms with Crippen molar-refractivity contribution in [3.63, 3.8) is 0 Å². The number of carbonyl (C=O) groups excluding carboxylic acids is 2. The minimum atomic E-state index is -0.662. The maximum atomic E-state index is 12.7. The fraction of sp³-hybridized carbons (Fsp3) is 0.333. The highest BCUT2D eigenvalue weighted by Gasteiger charge is 2.30. The van der Waals surface area contributed by atoms with Crippen molar-refractivity contribution in [2.75, 3.05) is 13.1 Å². The highest BCUT2D eigenvalue weighted by molar-refractivity contribution is 6.35. The van der Waals surface area contributed by atoms with E-state index in [0.717, 1.165) is 5.56 Å². The fourth-order valence-corrected chi connectivity index (χ4v) is 3.72. The van der Waals surface area contributed by atoms with Crippen molar-refractivity contribution in [3.8, 4) is 5.75 Å². The quantitative estimate of drug-likeness (QED) is 0.665. The van der Waals surface area contributed by atoms with Crippen molar-refractivity contribution in [1.82, 2.24) is 4.90 Å². The maximum absolute atomic E-state index is 12.7. The van der Waals surface area contributed by atoms with Gasteiger partial charge in [-0.15, -0.1) is 0 Å². The number of Topliss-reactive ketones (excluding diaryl/α,β-unsaturated/α-hetero) is 1. The van der Waals surface area contributed by atoms with Crippen LogP contribution in [0, 0.1) is 5.92 Å². The van der Waals surface area contributed by atoms with Gasteiger partial charge in [-0.3, -0.25) is 9.59 Å². The SMILES string of the molecule is CC(Oc1ccc(Cl)cc1Cl)C(=O)N1CCC(C(=O)c2ccccc2)CC1. The van der Waals surface area contributed by atoms with E-state index in [9.17, 15) is 9.59 Å². The number of likely N-dealkylation sites (tertiary alicyclic amines) is 1. The predicted molar refractivity (Wildman–Crippen MR) is 107 cm³/mol. The Hall–Kier alpha value is -2.04. The van der Waals surface area contributed by atoms with Crippen LogP contribution < -0.4 is 4.74 Å². The second-order valence-corrected chi connectivity index (χ2v) is 7.51. The molecule has 0 radical (unpaired) electrons. The molecule has 142 valence electrons. The summed E-state index contributed by atoms with van der Waals surface area (Å²) >= 11 is 12.0. The zero-order chi connectivity index (χ0) is 19.4. The molecule has 2 aromatic carbocycles. The summed E-state index contributed by atoms with van der Waals surface area (Å²) in [5.74, 6) is 0.431. The Morgan fingerprint density at radius 1 is 1.07 bits per heavy atom. The first-order chi connectivity index (χ1) is 13.0. The smallest absolute Gasteiger partial charge is 0.263 e. The summed E-state index contributed by atoms with van der Waals surface area (Å²) in [5, 5.41) is 0.880. The fourth-order valence-electron chi connectivity index (χ4n) is 3.27. The van der Waals surface area contributed by atoms with E-state index in [0.29, 0.717) is 41.7 Å². The molecule has 2 aromatic rings. The topological polar surface area (TPSA) is 46.6 Å². The van der Waals surface area contributed by atoms with E-state index < -0.39 is 6.10 Å². The summed E-state index contributed by atoms with van der Waals surface area (Å²) in [6.45, 7) is 2.79. The zero-order valence-corrected chi connectivity index (χ0v) is 16.5. The van der Waals surface area contributed by atoms with E-state index >= 15 is 0 Å². The molecule has 1 aliphatic rings. The summed E-state index contributed by atoms with van der Waals surface area (Å²) in [4.78, 5) is 27.0. The lowest BCUT2D eigenvalue weighted by atomic mass is 9.89. The van der Waals surface area contributed by atoms with Crippen molar-refractivity contribution in [1.29, 1.82) is 0 Å². The second-order valence-electron chi connectivity index (χ2n) is 6.66. The summed E-state index contributed by atoms with van der Waals surface area (Å²) < 4.78 is 5.71. The molecule has 0 saturated carbocycles. The molecular weight excluding hydrogens is 385 g/mol. The zero-order valence-electron chi connectivity index (χ0n) is 15.0. The van der Waals surface area contributed by atoms with E-state index in [1.165, 1.54) is 0 Å². The molecule has 1 aliphatic heterocycles. The number of ketones is 1. The number of piperidine rings is 1. The van der Waals surface area contributed by atoms with Gasteiger partial charge in [0.1, 0.15) is 5.75 Å².